The number of hydrogen-bond donors (Lipinski definition) is 0. The molecule has 7 heteroatoms. The maximum atomic E-state index is 12.4. The predicted octanol–water partition coefficient (Wildman–Crippen LogP) is 1.34. The van der Waals surface area contributed by atoms with Gasteiger partial charge >= 0.3 is 5.97 Å². The van der Waals surface area contributed by atoms with Gasteiger partial charge in [-0.1, -0.05) is 5.06 Å². The van der Waals surface area contributed by atoms with Gasteiger partial charge in [-0.05, 0) is 34.6 Å². The van der Waals surface area contributed by atoms with Crippen LogP contribution in [0, 0.1) is 0 Å². The van der Waals surface area contributed by atoms with E-state index in [9.17, 15) is 4.79 Å². The lowest BCUT2D eigenvalue weighted by molar-refractivity contribution is -0.241. The summed E-state index contributed by atoms with van der Waals surface area (Å²) < 4.78 is 22.7. The standard InChI is InChI=1S/C15H23NO6/c1-6-18-12(17)10-7-21-16-13(2,3)20-9-15(10,16)11-8-19-14(4,5)22-11/h7,11H,6,8-9H2,1-5H3/t11-,15+/m0/s1. The molecule has 2 saturated heterocycles. The number of nitrogens with zero attached hydrogens (tertiary/aromatic N) is 1. The Kier molecular flexibility index (Phi) is 3.52. The van der Waals surface area contributed by atoms with Crippen LogP contribution < -0.4 is 0 Å². The van der Waals surface area contributed by atoms with Crippen molar-refractivity contribution in [1.82, 2.24) is 5.06 Å². The molecular formula is C15H23NO6. The molecule has 124 valence electrons. The van der Waals surface area contributed by atoms with Crippen molar-refractivity contribution in [2.24, 2.45) is 0 Å². The van der Waals surface area contributed by atoms with Gasteiger partial charge in [0.2, 0.25) is 0 Å². The van der Waals surface area contributed by atoms with Gasteiger partial charge < -0.3 is 23.8 Å². The molecule has 3 rings (SSSR count). The highest BCUT2D eigenvalue weighted by molar-refractivity contribution is 5.91. The Morgan fingerprint density at radius 3 is 2.68 bits per heavy atom. The zero-order valence-corrected chi connectivity index (χ0v) is 13.7. The quantitative estimate of drug-likeness (QED) is 0.728. The first-order valence-electron chi connectivity index (χ1n) is 7.53. The third kappa shape index (κ3) is 2.15. The molecule has 0 aliphatic carbocycles. The number of esters is 1. The zero-order valence-electron chi connectivity index (χ0n) is 13.7. The highest BCUT2D eigenvalue weighted by Crippen LogP contribution is 2.49. The number of carbonyl (C=O) groups excluding carboxylic acids is 1. The van der Waals surface area contributed by atoms with Crippen molar-refractivity contribution < 1.29 is 28.6 Å². The number of rotatable bonds is 3. The maximum absolute atomic E-state index is 12.4. The minimum absolute atomic E-state index is 0.273. The molecule has 2 fully saturated rings. The molecule has 3 heterocycles. The van der Waals surface area contributed by atoms with E-state index in [4.69, 9.17) is 23.8 Å². The smallest absolute Gasteiger partial charge is 0.339 e. The number of hydrogen-bond acceptors (Lipinski definition) is 7. The molecule has 22 heavy (non-hydrogen) atoms. The Balaban J connectivity index is 1.98. The monoisotopic (exact) mass is 313 g/mol. The highest BCUT2D eigenvalue weighted by Gasteiger charge is 2.67. The molecule has 0 amide bonds. The highest BCUT2D eigenvalue weighted by atomic mass is 16.8. The summed E-state index contributed by atoms with van der Waals surface area (Å²) >= 11 is 0. The largest absolute Gasteiger partial charge is 0.462 e. The van der Waals surface area contributed by atoms with Crippen LogP contribution in [0.25, 0.3) is 0 Å². The second-order valence-corrected chi connectivity index (χ2v) is 6.63. The second kappa shape index (κ2) is 4.92. The Labute approximate surface area is 130 Å². The molecule has 3 aliphatic rings. The van der Waals surface area contributed by atoms with E-state index in [1.165, 1.54) is 6.26 Å². The lowest BCUT2D eigenvalue weighted by atomic mass is 9.85. The van der Waals surface area contributed by atoms with Crippen molar-refractivity contribution in [3.8, 4) is 0 Å². The average molecular weight is 313 g/mol. The maximum Gasteiger partial charge on any atom is 0.339 e. The third-order valence-corrected chi connectivity index (χ3v) is 4.28. The Morgan fingerprint density at radius 1 is 1.36 bits per heavy atom. The van der Waals surface area contributed by atoms with Crippen LogP contribution in [0.1, 0.15) is 34.6 Å². The third-order valence-electron chi connectivity index (χ3n) is 4.28. The normalized spacial score (nSPS) is 35.9. The summed E-state index contributed by atoms with van der Waals surface area (Å²) in [6.45, 7) is 10.2. The van der Waals surface area contributed by atoms with Gasteiger partial charge in [0.05, 0.1) is 19.8 Å². The fraction of sp³-hybridized carbons (Fsp3) is 0.800. The molecule has 0 saturated carbocycles. The van der Waals surface area contributed by atoms with Gasteiger partial charge in [-0.3, -0.25) is 0 Å². The van der Waals surface area contributed by atoms with Crippen molar-refractivity contribution in [2.75, 3.05) is 19.8 Å². The van der Waals surface area contributed by atoms with Gasteiger partial charge in [0, 0.05) is 0 Å². The Hall–Kier alpha value is -1.15. The van der Waals surface area contributed by atoms with Crippen LogP contribution >= 0.6 is 0 Å². The summed E-state index contributed by atoms with van der Waals surface area (Å²) in [5.41, 5.74) is -1.13. The lowest BCUT2D eigenvalue weighted by Gasteiger charge is -2.37. The van der Waals surface area contributed by atoms with Crippen molar-refractivity contribution in [2.45, 2.75) is 57.8 Å². The van der Waals surface area contributed by atoms with Gasteiger partial charge in [0.25, 0.3) is 0 Å². The molecule has 7 nitrogen and oxygen atoms in total. The van der Waals surface area contributed by atoms with E-state index >= 15 is 0 Å². The van der Waals surface area contributed by atoms with E-state index < -0.39 is 23.0 Å². The summed E-state index contributed by atoms with van der Waals surface area (Å²) in [4.78, 5) is 18.0. The van der Waals surface area contributed by atoms with E-state index in [0.29, 0.717) is 18.8 Å². The topological polar surface area (TPSA) is 66.5 Å². The van der Waals surface area contributed by atoms with Gasteiger partial charge in [0.15, 0.2) is 5.79 Å². The lowest BCUT2D eigenvalue weighted by Crippen LogP contribution is -2.59. The number of fused-ring (bicyclic) bond motifs is 1. The minimum atomic E-state index is -0.858. The van der Waals surface area contributed by atoms with Crippen LogP contribution in [0.5, 0.6) is 0 Å². The fourth-order valence-electron chi connectivity index (χ4n) is 3.25. The SMILES string of the molecule is CCOC(=O)C1=CON2C(C)(C)OC[C@]12[C@@H]1COC(C)(C)O1. The molecule has 0 aromatic carbocycles. The summed E-state index contributed by atoms with van der Waals surface area (Å²) in [6.07, 6.45) is 1.05. The summed E-state index contributed by atoms with van der Waals surface area (Å²) in [7, 11) is 0. The van der Waals surface area contributed by atoms with Crippen LogP contribution in [-0.2, 0) is 28.6 Å². The first kappa shape index (κ1) is 15.7. The Morgan fingerprint density at radius 2 is 2.09 bits per heavy atom. The summed E-state index contributed by atoms with van der Waals surface area (Å²) in [5, 5.41) is 1.68. The molecule has 0 unspecified atom stereocenters. The van der Waals surface area contributed by atoms with E-state index in [1.807, 2.05) is 27.7 Å². The molecular weight excluding hydrogens is 290 g/mol. The molecule has 0 aromatic rings. The van der Waals surface area contributed by atoms with E-state index in [1.54, 1.807) is 12.0 Å². The van der Waals surface area contributed by atoms with Crippen molar-refractivity contribution in [1.29, 1.82) is 0 Å². The number of ether oxygens (including phenoxy) is 4. The minimum Gasteiger partial charge on any atom is -0.462 e. The van der Waals surface area contributed by atoms with E-state index in [-0.39, 0.29) is 12.7 Å². The van der Waals surface area contributed by atoms with Gasteiger partial charge in [0.1, 0.15) is 29.2 Å². The van der Waals surface area contributed by atoms with Crippen LogP contribution in [-0.4, -0.2) is 54.0 Å². The summed E-state index contributed by atoms with van der Waals surface area (Å²) in [6, 6.07) is 0. The Bertz CT molecular complexity index is 514. The van der Waals surface area contributed by atoms with E-state index in [2.05, 4.69) is 0 Å². The second-order valence-electron chi connectivity index (χ2n) is 6.63. The van der Waals surface area contributed by atoms with Crippen molar-refractivity contribution in [3.05, 3.63) is 11.8 Å². The zero-order chi connectivity index (χ0) is 16.2. The van der Waals surface area contributed by atoms with Crippen LogP contribution in [0.2, 0.25) is 0 Å². The summed E-state index contributed by atoms with van der Waals surface area (Å²) in [5.74, 6) is -1.13. The molecule has 0 radical (unpaired) electrons. The molecule has 2 atom stereocenters. The predicted molar refractivity (Wildman–Crippen MR) is 75.3 cm³/mol. The molecule has 0 bridgehead atoms. The van der Waals surface area contributed by atoms with Crippen LogP contribution in [0.4, 0.5) is 0 Å². The van der Waals surface area contributed by atoms with Gasteiger partial charge in [-0.2, -0.15) is 0 Å². The van der Waals surface area contributed by atoms with Crippen LogP contribution in [0.3, 0.4) is 0 Å². The molecule has 0 aromatic heterocycles. The first-order valence-corrected chi connectivity index (χ1v) is 7.53. The number of carbonyl (C=O) groups is 1. The molecule has 3 aliphatic heterocycles. The van der Waals surface area contributed by atoms with E-state index in [0.717, 1.165) is 0 Å². The van der Waals surface area contributed by atoms with Crippen molar-refractivity contribution >= 4 is 5.97 Å². The van der Waals surface area contributed by atoms with Crippen molar-refractivity contribution in [3.63, 3.8) is 0 Å². The number of hydroxylamine groups is 2. The van der Waals surface area contributed by atoms with Crippen LogP contribution in [0.15, 0.2) is 11.8 Å². The fourth-order valence-corrected chi connectivity index (χ4v) is 3.25. The van der Waals surface area contributed by atoms with Gasteiger partial charge in [-0.15, -0.1) is 0 Å². The average Bonchev–Trinajstić information content (AvgIpc) is 3.04. The molecule has 0 spiro atoms. The first-order chi connectivity index (χ1) is 10.2. The van der Waals surface area contributed by atoms with Gasteiger partial charge in [-0.25, -0.2) is 4.79 Å². The molecule has 0 N–H and O–H groups in total.